The van der Waals surface area contributed by atoms with E-state index in [0.717, 1.165) is 0 Å². The van der Waals surface area contributed by atoms with Gasteiger partial charge in [0.05, 0.1) is 6.33 Å². The summed E-state index contributed by atoms with van der Waals surface area (Å²) in [5, 5.41) is 0.275. The van der Waals surface area contributed by atoms with Gasteiger partial charge in [-0.05, 0) is 24.6 Å². The molecule has 2 aromatic rings. The van der Waals surface area contributed by atoms with Gasteiger partial charge in [0.15, 0.2) is 5.17 Å². The van der Waals surface area contributed by atoms with Gasteiger partial charge in [-0.2, -0.15) is 0 Å². The highest BCUT2D eigenvalue weighted by molar-refractivity contribution is 8.15. The van der Waals surface area contributed by atoms with E-state index in [1.54, 1.807) is 12.5 Å². The molecular weight excluding hydrogens is 342 g/mol. The number of amidine groups is 1. The minimum Gasteiger partial charge on any atom is -0.378 e. The molecule has 2 heterocycles. The molecule has 0 saturated heterocycles. The lowest BCUT2D eigenvalue weighted by Gasteiger charge is -2.35. The second kappa shape index (κ2) is 5.60. The van der Waals surface area contributed by atoms with Crippen molar-refractivity contribution in [1.82, 2.24) is 9.55 Å². The summed E-state index contributed by atoms with van der Waals surface area (Å²) in [6.45, 7) is -0.202. The topological polar surface area (TPSA) is 56.2 Å². The highest BCUT2D eigenvalue weighted by Gasteiger charge is 2.68. The van der Waals surface area contributed by atoms with E-state index in [0.29, 0.717) is 18.5 Å². The predicted octanol–water partition coefficient (Wildman–Crippen LogP) is 2.69. The molecule has 1 saturated carbocycles. The van der Waals surface area contributed by atoms with Crippen molar-refractivity contribution in [2.75, 3.05) is 6.67 Å². The fourth-order valence-electron chi connectivity index (χ4n) is 3.80. The molecule has 4 nitrogen and oxygen atoms in total. The number of rotatable bonds is 4. The minimum atomic E-state index is -1.33. The molecule has 1 aromatic carbocycles. The number of halogens is 2. The Bertz CT molecular complexity index is 889. The van der Waals surface area contributed by atoms with Crippen molar-refractivity contribution in [2.45, 2.75) is 23.3 Å². The number of fused-ring (bicyclic) bond motifs is 1. The van der Waals surface area contributed by atoms with Gasteiger partial charge in [0.1, 0.15) is 18.0 Å². The van der Waals surface area contributed by atoms with Crippen LogP contribution in [-0.4, -0.2) is 26.1 Å². The Balaban J connectivity index is 1.80. The smallest absolute Gasteiger partial charge is 0.155 e. The molecule has 4 rings (SSSR count). The van der Waals surface area contributed by atoms with E-state index in [-0.39, 0.29) is 21.4 Å². The molecule has 0 amide bonds. The molecule has 0 bridgehead atoms. The first-order chi connectivity index (χ1) is 12.0. The fourth-order valence-corrected chi connectivity index (χ4v) is 5.22. The molecule has 0 spiro atoms. The van der Waals surface area contributed by atoms with Crippen molar-refractivity contribution >= 4 is 16.9 Å². The van der Waals surface area contributed by atoms with Crippen LogP contribution in [0.1, 0.15) is 17.5 Å². The molecule has 7 heteroatoms. The van der Waals surface area contributed by atoms with Crippen molar-refractivity contribution in [3.05, 3.63) is 53.9 Å². The third-order valence-electron chi connectivity index (χ3n) is 5.03. The summed E-state index contributed by atoms with van der Waals surface area (Å²) < 4.78 is 30.5. The molecule has 1 fully saturated rings. The Labute approximate surface area is 148 Å². The second-order valence-corrected chi connectivity index (χ2v) is 7.94. The van der Waals surface area contributed by atoms with Crippen LogP contribution >= 0.6 is 11.8 Å². The summed E-state index contributed by atoms with van der Waals surface area (Å²) in [5.41, 5.74) is 5.39. The van der Waals surface area contributed by atoms with Gasteiger partial charge < -0.3 is 10.3 Å². The molecule has 0 radical (unpaired) electrons. The Morgan fingerprint density at radius 2 is 2.32 bits per heavy atom. The van der Waals surface area contributed by atoms with Gasteiger partial charge in [-0.3, -0.25) is 0 Å². The zero-order valence-electron chi connectivity index (χ0n) is 13.3. The summed E-state index contributed by atoms with van der Waals surface area (Å²) >= 11 is 1.44. The van der Waals surface area contributed by atoms with Crippen molar-refractivity contribution < 1.29 is 8.78 Å². The number of aliphatic imine (C=N–C) groups is 1. The summed E-state index contributed by atoms with van der Waals surface area (Å²) in [4.78, 5) is 8.43. The van der Waals surface area contributed by atoms with Crippen LogP contribution in [0.3, 0.4) is 0 Å². The number of nitrogens with two attached hydrogens (primary N) is 1. The molecule has 1 aliphatic carbocycles. The third kappa shape index (κ3) is 2.44. The maximum Gasteiger partial charge on any atom is 0.155 e. The maximum absolute atomic E-state index is 14.6. The number of terminal acetylenes is 1. The minimum absolute atomic E-state index is 0.160. The highest BCUT2D eigenvalue weighted by atomic mass is 32.2. The van der Waals surface area contributed by atoms with Crippen molar-refractivity contribution in [1.29, 1.82) is 0 Å². The van der Waals surface area contributed by atoms with E-state index < -0.39 is 18.0 Å². The zero-order valence-corrected chi connectivity index (χ0v) is 14.1. The van der Waals surface area contributed by atoms with Gasteiger partial charge in [-0.15, -0.1) is 6.42 Å². The lowest BCUT2D eigenvalue weighted by atomic mass is 9.84. The van der Waals surface area contributed by atoms with Crippen molar-refractivity contribution in [3.8, 4) is 12.3 Å². The monoisotopic (exact) mass is 358 g/mol. The SMILES string of the molecule is C#Cc1ccc(F)c([C@@]2(CF)N=C(N)S[C@@]3(Cn4ccnc4)C[C@H]32)c1. The summed E-state index contributed by atoms with van der Waals surface area (Å²) in [6, 6.07) is 4.29. The maximum atomic E-state index is 14.6. The van der Waals surface area contributed by atoms with Crippen LogP contribution in [-0.2, 0) is 12.1 Å². The van der Waals surface area contributed by atoms with E-state index in [2.05, 4.69) is 15.9 Å². The number of hydrogen-bond acceptors (Lipinski definition) is 4. The van der Waals surface area contributed by atoms with Crippen LogP contribution in [0.2, 0.25) is 0 Å². The Hall–Kier alpha value is -2.33. The quantitative estimate of drug-likeness (QED) is 0.855. The second-order valence-electron chi connectivity index (χ2n) is 6.51. The number of hydrogen-bond donors (Lipinski definition) is 1. The Morgan fingerprint density at radius 1 is 1.48 bits per heavy atom. The van der Waals surface area contributed by atoms with E-state index >= 15 is 0 Å². The van der Waals surface area contributed by atoms with Crippen LogP contribution in [0, 0.1) is 24.1 Å². The number of alkyl halides is 1. The van der Waals surface area contributed by atoms with Crippen LogP contribution in [0.4, 0.5) is 8.78 Å². The molecule has 128 valence electrons. The molecule has 2 aliphatic rings. The average Bonchev–Trinajstić information content (AvgIpc) is 3.08. The predicted molar refractivity (Wildman–Crippen MR) is 94.3 cm³/mol. The molecule has 1 aliphatic heterocycles. The number of nitrogens with zero attached hydrogens (tertiary/aromatic N) is 3. The van der Waals surface area contributed by atoms with E-state index in [9.17, 15) is 8.78 Å². The first-order valence-corrected chi connectivity index (χ1v) is 8.67. The van der Waals surface area contributed by atoms with Gasteiger partial charge in [0.25, 0.3) is 0 Å². The van der Waals surface area contributed by atoms with Crippen LogP contribution in [0.25, 0.3) is 0 Å². The van der Waals surface area contributed by atoms with Crippen LogP contribution in [0.5, 0.6) is 0 Å². The first-order valence-electron chi connectivity index (χ1n) is 7.86. The standard InChI is InChI=1S/C18H16F2N4S/c1-2-12-3-4-14(20)13(7-12)18(9-19)15-8-17(15,25-16(21)23-18)10-24-6-5-22-11-24/h1,3-7,11,15H,8-10H2,(H2,21,23)/t15-,17-,18-/m1/s1. The van der Waals surface area contributed by atoms with E-state index in [1.807, 2.05) is 10.8 Å². The van der Waals surface area contributed by atoms with Crippen molar-refractivity contribution in [3.63, 3.8) is 0 Å². The number of imidazole rings is 1. The van der Waals surface area contributed by atoms with Gasteiger partial charge in [0.2, 0.25) is 0 Å². The third-order valence-corrected chi connectivity index (χ3v) is 6.32. The number of thioether (sulfide) groups is 1. The van der Waals surface area contributed by atoms with Gasteiger partial charge in [-0.1, -0.05) is 17.7 Å². The molecule has 2 N–H and O–H groups in total. The van der Waals surface area contributed by atoms with Gasteiger partial charge in [-0.25, -0.2) is 18.8 Å². The lowest BCUT2D eigenvalue weighted by Crippen LogP contribution is -2.41. The largest absolute Gasteiger partial charge is 0.378 e. The number of benzene rings is 1. The fraction of sp³-hybridized carbons (Fsp3) is 0.333. The molecule has 25 heavy (non-hydrogen) atoms. The molecule has 1 aromatic heterocycles. The summed E-state index contributed by atoms with van der Waals surface area (Å²) in [5.74, 6) is 1.80. The normalized spacial score (nSPS) is 30.3. The summed E-state index contributed by atoms with van der Waals surface area (Å²) in [6.07, 6.45) is 11.4. The average molecular weight is 358 g/mol. The lowest BCUT2D eigenvalue weighted by molar-refractivity contribution is 0.260. The van der Waals surface area contributed by atoms with Crippen molar-refractivity contribution in [2.24, 2.45) is 16.6 Å². The summed E-state index contributed by atoms with van der Waals surface area (Å²) in [7, 11) is 0. The van der Waals surface area contributed by atoms with Gasteiger partial charge in [0, 0.05) is 40.7 Å². The number of aromatic nitrogens is 2. The van der Waals surface area contributed by atoms with Crippen LogP contribution < -0.4 is 5.73 Å². The first kappa shape index (κ1) is 16.2. The molecule has 3 atom stereocenters. The zero-order chi connectivity index (χ0) is 17.7. The molecule has 0 unspecified atom stereocenters. The molecular formula is C18H16F2N4S. The van der Waals surface area contributed by atoms with Gasteiger partial charge >= 0.3 is 0 Å². The van der Waals surface area contributed by atoms with E-state index in [1.165, 1.54) is 30.0 Å². The Morgan fingerprint density at radius 3 is 3.00 bits per heavy atom. The van der Waals surface area contributed by atoms with Crippen LogP contribution in [0.15, 0.2) is 41.9 Å². The Kier molecular flexibility index (Phi) is 3.62. The highest BCUT2D eigenvalue weighted by Crippen LogP contribution is 2.66. The van der Waals surface area contributed by atoms with E-state index in [4.69, 9.17) is 12.2 Å².